The number of carbonyl (C=O) groups is 1. The second-order valence-corrected chi connectivity index (χ2v) is 4.64. The van der Waals surface area contributed by atoms with Gasteiger partial charge in [-0.25, -0.2) is 4.79 Å². The van der Waals surface area contributed by atoms with Crippen molar-refractivity contribution in [1.82, 2.24) is 9.97 Å². The number of hydrogen-bond donors (Lipinski definition) is 0. The van der Waals surface area contributed by atoms with Crippen molar-refractivity contribution in [3.63, 3.8) is 0 Å². The molecule has 0 amide bonds. The standard InChI is InChI=1S/C15H11ClN2O2/c1-2-20-15(19)12-8-18-14-10-5-6-17-7-9(10)3-4-11(14)13(12)16/h3-8H,2H2,1H3. The SMILES string of the molecule is CCOC(=O)c1cnc2c(ccc3cnccc32)c1Cl. The molecule has 5 heteroatoms. The van der Waals surface area contributed by atoms with Crippen molar-refractivity contribution in [1.29, 1.82) is 0 Å². The van der Waals surface area contributed by atoms with E-state index in [-0.39, 0.29) is 5.56 Å². The third-order valence-electron chi connectivity index (χ3n) is 3.08. The fourth-order valence-corrected chi connectivity index (χ4v) is 2.43. The van der Waals surface area contributed by atoms with Crippen molar-refractivity contribution < 1.29 is 9.53 Å². The van der Waals surface area contributed by atoms with Crippen LogP contribution in [0.25, 0.3) is 21.7 Å². The average Bonchev–Trinajstić information content (AvgIpc) is 2.47. The Bertz CT molecular complexity index is 817. The molecular formula is C15H11ClN2O2. The first-order valence-electron chi connectivity index (χ1n) is 6.20. The van der Waals surface area contributed by atoms with E-state index < -0.39 is 5.97 Å². The predicted molar refractivity (Wildman–Crippen MR) is 78.0 cm³/mol. The zero-order chi connectivity index (χ0) is 14.1. The first kappa shape index (κ1) is 12.8. The van der Waals surface area contributed by atoms with Gasteiger partial charge in [0.1, 0.15) is 0 Å². The number of ether oxygens (including phenoxy) is 1. The van der Waals surface area contributed by atoms with Gasteiger partial charge in [0.2, 0.25) is 0 Å². The van der Waals surface area contributed by atoms with E-state index in [1.165, 1.54) is 6.20 Å². The molecule has 100 valence electrons. The van der Waals surface area contributed by atoms with Crippen LogP contribution in [-0.2, 0) is 4.74 Å². The summed E-state index contributed by atoms with van der Waals surface area (Å²) in [7, 11) is 0. The van der Waals surface area contributed by atoms with Gasteiger partial charge in [0.25, 0.3) is 0 Å². The summed E-state index contributed by atoms with van der Waals surface area (Å²) in [6, 6.07) is 5.63. The first-order valence-corrected chi connectivity index (χ1v) is 6.58. The zero-order valence-electron chi connectivity index (χ0n) is 10.8. The molecule has 3 rings (SSSR count). The maximum Gasteiger partial charge on any atom is 0.341 e. The molecule has 0 N–H and O–H groups in total. The lowest BCUT2D eigenvalue weighted by Crippen LogP contribution is -2.06. The molecule has 0 spiro atoms. The summed E-state index contributed by atoms with van der Waals surface area (Å²) in [4.78, 5) is 20.3. The van der Waals surface area contributed by atoms with Gasteiger partial charge in [-0.2, -0.15) is 0 Å². The molecule has 0 aliphatic heterocycles. The Hall–Kier alpha value is -2.20. The van der Waals surface area contributed by atoms with E-state index in [0.29, 0.717) is 11.6 Å². The molecule has 0 bridgehead atoms. The Morgan fingerprint density at radius 3 is 2.90 bits per heavy atom. The molecule has 0 saturated carbocycles. The largest absolute Gasteiger partial charge is 0.462 e. The third-order valence-corrected chi connectivity index (χ3v) is 3.49. The second kappa shape index (κ2) is 5.06. The summed E-state index contributed by atoms with van der Waals surface area (Å²) in [5.41, 5.74) is 1.04. The number of pyridine rings is 2. The minimum Gasteiger partial charge on any atom is -0.462 e. The molecule has 2 aromatic heterocycles. The molecule has 2 heterocycles. The maximum atomic E-state index is 11.8. The first-order chi connectivity index (χ1) is 9.72. The van der Waals surface area contributed by atoms with Crippen molar-refractivity contribution in [2.24, 2.45) is 0 Å². The lowest BCUT2D eigenvalue weighted by atomic mass is 10.1. The van der Waals surface area contributed by atoms with Crippen molar-refractivity contribution in [3.05, 3.63) is 47.4 Å². The van der Waals surface area contributed by atoms with Crippen molar-refractivity contribution in [2.45, 2.75) is 6.92 Å². The second-order valence-electron chi connectivity index (χ2n) is 4.26. The summed E-state index contributed by atoms with van der Waals surface area (Å²) in [5.74, 6) is -0.457. The highest BCUT2D eigenvalue weighted by molar-refractivity contribution is 6.39. The quantitative estimate of drug-likeness (QED) is 0.533. The Labute approximate surface area is 120 Å². The summed E-state index contributed by atoms with van der Waals surface area (Å²) in [6.07, 6.45) is 4.93. The lowest BCUT2D eigenvalue weighted by molar-refractivity contribution is 0.0526. The van der Waals surface area contributed by atoms with E-state index in [1.54, 1.807) is 19.3 Å². The van der Waals surface area contributed by atoms with Gasteiger partial charge < -0.3 is 4.74 Å². The van der Waals surface area contributed by atoms with E-state index in [2.05, 4.69) is 9.97 Å². The van der Waals surface area contributed by atoms with Gasteiger partial charge in [0, 0.05) is 34.7 Å². The Morgan fingerprint density at radius 1 is 1.25 bits per heavy atom. The number of halogens is 1. The summed E-state index contributed by atoms with van der Waals surface area (Å²) in [5, 5.41) is 3.03. The average molecular weight is 287 g/mol. The van der Waals surface area contributed by atoms with Crippen LogP contribution in [0.15, 0.2) is 36.8 Å². The van der Waals surface area contributed by atoms with Crippen LogP contribution in [0.5, 0.6) is 0 Å². The van der Waals surface area contributed by atoms with Crippen LogP contribution in [0.3, 0.4) is 0 Å². The van der Waals surface area contributed by atoms with Crippen LogP contribution in [-0.4, -0.2) is 22.5 Å². The maximum absolute atomic E-state index is 11.8. The summed E-state index contributed by atoms with van der Waals surface area (Å²) in [6.45, 7) is 2.05. The number of aromatic nitrogens is 2. The van der Waals surface area contributed by atoms with E-state index in [0.717, 1.165) is 21.7 Å². The van der Waals surface area contributed by atoms with Gasteiger partial charge in [0.05, 0.1) is 22.7 Å². The highest BCUT2D eigenvalue weighted by Crippen LogP contribution is 2.30. The minimum absolute atomic E-state index is 0.287. The number of carbonyl (C=O) groups excluding carboxylic acids is 1. The molecule has 0 saturated heterocycles. The van der Waals surface area contributed by atoms with Crippen LogP contribution in [0.4, 0.5) is 0 Å². The van der Waals surface area contributed by atoms with Crippen LogP contribution in [0.1, 0.15) is 17.3 Å². The Balaban J connectivity index is 2.28. The van der Waals surface area contributed by atoms with E-state index in [4.69, 9.17) is 16.3 Å². The smallest absolute Gasteiger partial charge is 0.341 e. The highest BCUT2D eigenvalue weighted by atomic mass is 35.5. The fourth-order valence-electron chi connectivity index (χ4n) is 2.15. The molecule has 0 atom stereocenters. The molecule has 4 nitrogen and oxygen atoms in total. The van der Waals surface area contributed by atoms with Gasteiger partial charge in [-0.1, -0.05) is 23.7 Å². The number of nitrogens with zero attached hydrogens (tertiary/aromatic N) is 2. The van der Waals surface area contributed by atoms with Gasteiger partial charge in [-0.3, -0.25) is 9.97 Å². The van der Waals surface area contributed by atoms with Gasteiger partial charge in [-0.05, 0) is 13.0 Å². The molecule has 0 radical (unpaired) electrons. The summed E-state index contributed by atoms with van der Waals surface area (Å²) >= 11 is 6.32. The van der Waals surface area contributed by atoms with Crippen molar-refractivity contribution in [2.75, 3.05) is 6.61 Å². The number of benzene rings is 1. The molecule has 1 aromatic carbocycles. The number of fused-ring (bicyclic) bond motifs is 3. The van der Waals surface area contributed by atoms with Crippen LogP contribution in [0, 0.1) is 0 Å². The highest BCUT2D eigenvalue weighted by Gasteiger charge is 2.16. The monoisotopic (exact) mass is 286 g/mol. The van der Waals surface area contributed by atoms with Crippen molar-refractivity contribution in [3.8, 4) is 0 Å². The molecule has 20 heavy (non-hydrogen) atoms. The Morgan fingerprint density at radius 2 is 2.10 bits per heavy atom. The Kier molecular flexibility index (Phi) is 3.24. The van der Waals surface area contributed by atoms with Gasteiger partial charge in [0.15, 0.2) is 0 Å². The van der Waals surface area contributed by atoms with Crippen LogP contribution >= 0.6 is 11.6 Å². The summed E-state index contributed by atoms with van der Waals surface area (Å²) < 4.78 is 4.97. The number of hydrogen-bond acceptors (Lipinski definition) is 4. The van der Waals surface area contributed by atoms with Gasteiger partial charge >= 0.3 is 5.97 Å². The molecule has 0 aliphatic rings. The topological polar surface area (TPSA) is 52.1 Å². The van der Waals surface area contributed by atoms with E-state index >= 15 is 0 Å². The molecular weight excluding hydrogens is 276 g/mol. The minimum atomic E-state index is -0.457. The van der Waals surface area contributed by atoms with E-state index in [1.807, 2.05) is 18.2 Å². The number of esters is 1. The molecule has 0 unspecified atom stereocenters. The predicted octanol–water partition coefficient (Wildman–Crippen LogP) is 3.61. The third kappa shape index (κ3) is 1.98. The van der Waals surface area contributed by atoms with E-state index in [9.17, 15) is 4.79 Å². The fraction of sp³-hybridized carbons (Fsp3) is 0.133. The van der Waals surface area contributed by atoms with Crippen LogP contribution < -0.4 is 0 Å². The van der Waals surface area contributed by atoms with Crippen LogP contribution in [0.2, 0.25) is 5.02 Å². The van der Waals surface area contributed by atoms with Gasteiger partial charge in [-0.15, -0.1) is 0 Å². The lowest BCUT2D eigenvalue weighted by Gasteiger charge is -2.08. The number of rotatable bonds is 2. The van der Waals surface area contributed by atoms with Crippen molar-refractivity contribution >= 4 is 39.2 Å². The molecule has 0 aliphatic carbocycles. The zero-order valence-corrected chi connectivity index (χ0v) is 11.5. The normalized spacial score (nSPS) is 10.9. The molecule has 0 fully saturated rings. The molecule has 3 aromatic rings.